The van der Waals surface area contributed by atoms with E-state index in [1.165, 1.54) is 11.1 Å². The monoisotopic (exact) mass is 291 g/mol. The summed E-state index contributed by atoms with van der Waals surface area (Å²) in [6.07, 6.45) is 6.32. The van der Waals surface area contributed by atoms with Crippen LogP contribution in [0.2, 0.25) is 0 Å². The molecule has 0 aliphatic heterocycles. The Bertz CT molecular complexity index is 866. The molecule has 4 heteroatoms. The molecule has 0 saturated carbocycles. The lowest BCUT2D eigenvalue weighted by Gasteiger charge is -2.22. The average Bonchev–Trinajstić information content (AvgIpc) is 3.01. The van der Waals surface area contributed by atoms with Crippen molar-refractivity contribution in [3.8, 4) is 11.1 Å². The molecule has 1 unspecified atom stereocenters. The first kappa shape index (κ1) is 13.1. The number of aromatic nitrogens is 2. The predicted molar refractivity (Wildman–Crippen MR) is 86.2 cm³/mol. The minimum Gasteiger partial charge on any atom is -0.369 e. The summed E-state index contributed by atoms with van der Waals surface area (Å²) in [6, 6.07) is 10.6. The molecule has 0 radical (unpaired) electrons. The number of carbonyl (C=O) groups is 1. The lowest BCUT2D eigenvalue weighted by molar-refractivity contribution is -0.122. The van der Waals surface area contributed by atoms with Crippen LogP contribution in [0.1, 0.15) is 17.5 Å². The van der Waals surface area contributed by atoms with Crippen molar-refractivity contribution < 1.29 is 4.79 Å². The van der Waals surface area contributed by atoms with Gasteiger partial charge in [0.25, 0.3) is 0 Å². The first-order valence-corrected chi connectivity index (χ1v) is 7.55. The number of hydrogen-bond donors (Lipinski definition) is 2. The molecule has 0 saturated heterocycles. The fourth-order valence-electron chi connectivity index (χ4n) is 3.28. The van der Waals surface area contributed by atoms with Crippen LogP contribution in [0.4, 0.5) is 0 Å². The van der Waals surface area contributed by atoms with Crippen molar-refractivity contribution in [1.82, 2.24) is 9.97 Å². The fraction of sp³-hybridized carbons (Fsp3) is 0.222. The third-order valence-electron chi connectivity index (χ3n) is 4.57. The largest absolute Gasteiger partial charge is 0.369 e. The average molecular weight is 291 g/mol. The number of amides is 1. The van der Waals surface area contributed by atoms with E-state index in [0.717, 1.165) is 41.4 Å². The van der Waals surface area contributed by atoms with E-state index in [-0.39, 0.29) is 11.8 Å². The number of benzene rings is 1. The number of rotatable bonds is 2. The van der Waals surface area contributed by atoms with Gasteiger partial charge in [0.05, 0.1) is 0 Å². The van der Waals surface area contributed by atoms with Crippen LogP contribution >= 0.6 is 0 Å². The van der Waals surface area contributed by atoms with E-state index in [1.54, 1.807) is 0 Å². The normalized spacial score (nSPS) is 17.4. The van der Waals surface area contributed by atoms with Crippen molar-refractivity contribution >= 4 is 16.9 Å². The highest BCUT2D eigenvalue weighted by Gasteiger charge is 2.23. The molecule has 0 fully saturated rings. The molecule has 3 N–H and O–H groups in total. The molecule has 0 bridgehead atoms. The van der Waals surface area contributed by atoms with Crippen molar-refractivity contribution in [3.63, 3.8) is 0 Å². The molecule has 1 amide bonds. The number of nitrogens with one attached hydrogen (secondary N) is 1. The zero-order valence-electron chi connectivity index (χ0n) is 12.2. The third kappa shape index (κ3) is 2.17. The van der Waals surface area contributed by atoms with Crippen LogP contribution in [0.5, 0.6) is 0 Å². The quantitative estimate of drug-likeness (QED) is 0.762. The molecule has 1 aliphatic rings. The van der Waals surface area contributed by atoms with Crippen LogP contribution in [-0.2, 0) is 17.6 Å². The molecule has 4 nitrogen and oxygen atoms in total. The first-order valence-electron chi connectivity index (χ1n) is 7.55. The maximum absolute atomic E-state index is 11.4. The molecule has 1 atom stereocenters. The van der Waals surface area contributed by atoms with Gasteiger partial charge in [-0.2, -0.15) is 0 Å². The van der Waals surface area contributed by atoms with E-state index in [9.17, 15) is 4.79 Å². The lowest BCUT2D eigenvalue weighted by atomic mass is 9.82. The number of nitrogens with zero attached hydrogens (tertiary/aromatic N) is 1. The minimum absolute atomic E-state index is 0.0342. The van der Waals surface area contributed by atoms with Gasteiger partial charge in [0.1, 0.15) is 5.65 Å². The van der Waals surface area contributed by atoms with E-state index in [1.807, 2.05) is 18.5 Å². The highest BCUT2D eigenvalue weighted by Crippen LogP contribution is 2.30. The van der Waals surface area contributed by atoms with Gasteiger partial charge in [-0.3, -0.25) is 4.79 Å². The standard InChI is InChI=1S/C18H17N3O/c19-17(22)13-4-2-11-1-3-12(7-15(11)8-13)16-9-14-5-6-20-18(14)21-10-16/h1,3,5-7,9-10,13H,2,4,8H2,(H2,19,22)(H,20,21). The number of hydrogen-bond acceptors (Lipinski definition) is 2. The Morgan fingerprint density at radius 3 is 2.95 bits per heavy atom. The number of aryl methyl sites for hydroxylation is 1. The minimum atomic E-state index is -0.188. The molecular weight excluding hydrogens is 274 g/mol. The smallest absolute Gasteiger partial charge is 0.220 e. The summed E-state index contributed by atoms with van der Waals surface area (Å²) in [5, 5.41) is 1.10. The van der Waals surface area contributed by atoms with Gasteiger partial charge in [0.2, 0.25) is 5.91 Å². The van der Waals surface area contributed by atoms with Crippen molar-refractivity contribution in [2.45, 2.75) is 19.3 Å². The van der Waals surface area contributed by atoms with Crippen LogP contribution in [0.15, 0.2) is 42.7 Å². The Hall–Kier alpha value is -2.62. The number of aromatic amines is 1. The second kappa shape index (κ2) is 4.98. The molecule has 2 heterocycles. The molecule has 3 aromatic rings. The van der Waals surface area contributed by atoms with E-state index in [2.05, 4.69) is 34.2 Å². The van der Waals surface area contributed by atoms with Crippen molar-refractivity contribution in [2.24, 2.45) is 11.7 Å². The van der Waals surface area contributed by atoms with Gasteiger partial charge in [-0.15, -0.1) is 0 Å². The molecule has 4 rings (SSSR count). The Labute approximate surface area is 128 Å². The summed E-state index contributed by atoms with van der Waals surface area (Å²) in [5.41, 5.74) is 11.2. The predicted octanol–water partition coefficient (Wildman–Crippen LogP) is 2.82. The van der Waals surface area contributed by atoms with Crippen LogP contribution < -0.4 is 5.73 Å². The van der Waals surface area contributed by atoms with Gasteiger partial charge < -0.3 is 10.7 Å². The molecule has 1 aliphatic carbocycles. The Balaban J connectivity index is 1.74. The summed E-state index contributed by atoms with van der Waals surface area (Å²) in [6.45, 7) is 0. The first-order chi connectivity index (χ1) is 10.7. The van der Waals surface area contributed by atoms with Gasteiger partial charge in [0.15, 0.2) is 0 Å². The van der Waals surface area contributed by atoms with Gasteiger partial charge >= 0.3 is 0 Å². The number of fused-ring (bicyclic) bond motifs is 2. The van der Waals surface area contributed by atoms with Crippen LogP contribution in [0, 0.1) is 5.92 Å². The summed E-state index contributed by atoms with van der Waals surface area (Å²) in [4.78, 5) is 19.0. The van der Waals surface area contributed by atoms with E-state index >= 15 is 0 Å². The number of H-pyrrole nitrogens is 1. The number of nitrogens with two attached hydrogens (primary N) is 1. The van der Waals surface area contributed by atoms with Gasteiger partial charge in [-0.05, 0) is 48.1 Å². The summed E-state index contributed by atoms with van der Waals surface area (Å²) in [7, 11) is 0. The van der Waals surface area contributed by atoms with Crippen molar-refractivity contribution in [3.05, 3.63) is 53.9 Å². The zero-order chi connectivity index (χ0) is 15.1. The van der Waals surface area contributed by atoms with Crippen LogP contribution in [0.25, 0.3) is 22.2 Å². The molecule has 2 aromatic heterocycles. The lowest BCUT2D eigenvalue weighted by Crippen LogP contribution is -2.28. The molecule has 0 spiro atoms. The van der Waals surface area contributed by atoms with Crippen molar-refractivity contribution in [1.29, 1.82) is 0 Å². The maximum atomic E-state index is 11.4. The summed E-state index contributed by atoms with van der Waals surface area (Å²) in [5.74, 6) is -0.223. The second-order valence-electron chi connectivity index (χ2n) is 5.97. The number of primary amides is 1. The van der Waals surface area contributed by atoms with Gasteiger partial charge in [-0.25, -0.2) is 4.98 Å². The fourth-order valence-corrected chi connectivity index (χ4v) is 3.28. The van der Waals surface area contributed by atoms with E-state index in [4.69, 9.17) is 5.73 Å². The van der Waals surface area contributed by atoms with Gasteiger partial charge in [0, 0.05) is 29.3 Å². The highest BCUT2D eigenvalue weighted by atomic mass is 16.1. The third-order valence-corrected chi connectivity index (χ3v) is 4.57. The van der Waals surface area contributed by atoms with Crippen LogP contribution in [0.3, 0.4) is 0 Å². The SMILES string of the molecule is NC(=O)C1CCc2ccc(-c3cnc4[nH]ccc4c3)cc2C1. The number of pyridine rings is 1. The molecule has 110 valence electrons. The zero-order valence-corrected chi connectivity index (χ0v) is 12.2. The van der Waals surface area contributed by atoms with E-state index in [0.29, 0.717) is 0 Å². The molecule has 1 aromatic carbocycles. The topological polar surface area (TPSA) is 71.8 Å². The van der Waals surface area contributed by atoms with Crippen LogP contribution in [-0.4, -0.2) is 15.9 Å². The Morgan fingerprint density at radius 2 is 2.09 bits per heavy atom. The number of carbonyl (C=O) groups excluding carboxylic acids is 1. The van der Waals surface area contributed by atoms with E-state index < -0.39 is 0 Å². The van der Waals surface area contributed by atoms with Gasteiger partial charge in [-0.1, -0.05) is 18.2 Å². The Kier molecular flexibility index (Phi) is 2.96. The molecule has 22 heavy (non-hydrogen) atoms. The Morgan fingerprint density at radius 1 is 1.18 bits per heavy atom. The summed E-state index contributed by atoms with van der Waals surface area (Å²) < 4.78 is 0. The highest BCUT2D eigenvalue weighted by molar-refractivity contribution is 5.82. The molecular formula is C18H17N3O. The second-order valence-corrected chi connectivity index (χ2v) is 5.97. The van der Waals surface area contributed by atoms with Crippen molar-refractivity contribution in [2.75, 3.05) is 0 Å². The summed E-state index contributed by atoms with van der Waals surface area (Å²) >= 11 is 0. The maximum Gasteiger partial charge on any atom is 0.220 e.